The third kappa shape index (κ3) is 3.77. The van der Waals surface area contributed by atoms with Crippen molar-refractivity contribution in [3.63, 3.8) is 0 Å². The van der Waals surface area contributed by atoms with Crippen LogP contribution >= 0.6 is 0 Å². The van der Waals surface area contributed by atoms with Gasteiger partial charge in [0.2, 0.25) is 0 Å². The predicted octanol–water partition coefficient (Wildman–Crippen LogP) is 4.81. The number of aryl methyl sites for hydroxylation is 1. The lowest BCUT2D eigenvalue weighted by Crippen LogP contribution is -2.39. The number of nitrogens with zero attached hydrogens (tertiary/aromatic N) is 5. The van der Waals surface area contributed by atoms with Crippen molar-refractivity contribution in [1.82, 2.24) is 24.5 Å². The van der Waals surface area contributed by atoms with Crippen LogP contribution in [0.1, 0.15) is 28.1 Å². The van der Waals surface area contributed by atoms with Crippen molar-refractivity contribution >= 4 is 6.09 Å². The molecule has 0 aliphatic heterocycles. The highest BCUT2D eigenvalue weighted by atomic mass is 16.5. The second-order valence-electron chi connectivity index (χ2n) is 7.85. The van der Waals surface area contributed by atoms with Crippen LogP contribution in [0.2, 0.25) is 0 Å². The van der Waals surface area contributed by atoms with Crippen LogP contribution in [0.4, 0.5) is 4.79 Å². The van der Waals surface area contributed by atoms with E-state index in [2.05, 4.69) is 41.4 Å². The van der Waals surface area contributed by atoms with Crippen molar-refractivity contribution in [2.45, 2.75) is 19.1 Å². The van der Waals surface area contributed by atoms with Gasteiger partial charge in [-0.05, 0) is 23.6 Å². The lowest BCUT2D eigenvalue weighted by atomic mass is 9.77. The zero-order valence-corrected chi connectivity index (χ0v) is 18.7. The van der Waals surface area contributed by atoms with Crippen LogP contribution in [0.25, 0.3) is 0 Å². The van der Waals surface area contributed by atoms with Crippen molar-refractivity contribution in [3.05, 3.63) is 138 Å². The lowest BCUT2D eigenvalue weighted by molar-refractivity contribution is 0.139. The molecule has 168 valence electrons. The van der Waals surface area contributed by atoms with E-state index in [1.54, 1.807) is 4.80 Å². The molecule has 0 fully saturated rings. The van der Waals surface area contributed by atoms with E-state index in [1.165, 1.54) is 23.3 Å². The zero-order valence-electron chi connectivity index (χ0n) is 18.7. The van der Waals surface area contributed by atoms with Crippen LogP contribution in [0.15, 0.2) is 110 Å². The minimum Gasteiger partial charge on any atom is -0.442 e. The molecule has 5 rings (SSSR count). The van der Waals surface area contributed by atoms with Crippen LogP contribution in [-0.2, 0) is 16.9 Å². The first-order valence-corrected chi connectivity index (χ1v) is 10.9. The van der Waals surface area contributed by atoms with Gasteiger partial charge in [0.15, 0.2) is 5.54 Å². The molecule has 0 atom stereocenters. The summed E-state index contributed by atoms with van der Waals surface area (Å²) in [5, 5.41) is 9.72. The van der Waals surface area contributed by atoms with E-state index in [9.17, 15) is 4.79 Å². The maximum absolute atomic E-state index is 12.3. The largest absolute Gasteiger partial charge is 0.442 e. The number of hydrogen-bond donors (Lipinski definition) is 0. The van der Waals surface area contributed by atoms with Gasteiger partial charge in [0.1, 0.15) is 18.6 Å². The minimum absolute atomic E-state index is 0.00268. The van der Waals surface area contributed by atoms with Gasteiger partial charge in [-0.25, -0.2) is 14.3 Å². The highest BCUT2D eigenvalue weighted by Gasteiger charge is 2.41. The average molecular weight is 450 g/mol. The smallest absolute Gasteiger partial charge is 0.419 e. The van der Waals surface area contributed by atoms with Crippen LogP contribution in [0.3, 0.4) is 0 Å². The molecule has 0 unspecified atom stereocenters. The van der Waals surface area contributed by atoms with E-state index >= 15 is 0 Å². The van der Waals surface area contributed by atoms with E-state index in [0.29, 0.717) is 11.4 Å². The SMILES string of the molecule is Cc1nn(C(c2ccccc2)(c2ccccc2)c2ccccc2)nc1COC(=O)n1ccnc1. The fraction of sp³-hybridized carbons (Fsp3) is 0.111. The van der Waals surface area contributed by atoms with Gasteiger partial charge in [-0.15, -0.1) is 0 Å². The molecular weight excluding hydrogens is 426 g/mol. The van der Waals surface area contributed by atoms with E-state index in [-0.39, 0.29) is 6.61 Å². The second-order valence-corrected chi connectivity index (χ2v) is 7.85. The van der Waals surface area contributed by atoms with Gasteiger partial charge in [0.25, 0.3) is 0 Å². The summed E-state index contributed by atoms with van der Waals surface area (Å²) in [5.41, 5.74) is 3.51. The first-order valence-electron chi connectivity index (χ1n) is 10.9. The Morgan fingerprint density at radius 3 is 1.82 bits per heavy atom. The Balaban J connectivity index is 1.65. The molecule has 3 aromatic carbocycles. The molecule has 0 bridgehead atoms. The molecule has 2 heterocycles. The molecule has 5 aromatic rings. The van der Waals surface area contributed by atoms with Gasteiger partial charge in [-0.3, -0.25) is 0 Å². The maximum Gasteiger partial charge on any atom is 0.419 e. The zero-order chi connectivity index (χ0) is 23.4. The van der Waals surface area contributed by atoms with Crippen molar-refractivity contribution in [2.24, 2.45) is 0 Å². The van der Waals surface area contributed by atoms with E-state index < -0.39 is 11.6 Å². The number of ether oxygens (including phenoxy) is 1. The monoisotopic (exact) mass is 449 g/mol. The van der Waals surface area contributed by atoms with Crippen molar-refractivity contribution < 1.29 is 9.53 Å². The number of carbonyl (C=O) groups is 1. The van der Waals surface area contributed by atoms with Crippen molar-refractivity contribution in [3.8, 4) is 0 Å². The molecule has 0 spiro atoms. The van der Waals surface area contributed by atoms with Crippen LogP contribution in [-0.4, -0.2) is 30.6 Å². The quantitative estimate of drug-likeness (QED) is 0.348. The Morgan fingerprint density at radius 2 is 1.35 bits per heavy atom. The number of hydrogen-bond acceptors (Lipinski definition) is 5. The average Bonchev–Trinajstić information content (AvgIpc) is 3.56. The number of benzene rings is 3. The molecule has 2 aromatic heterocycles. The summed E-state index contributed by atoms with van der Waals surface area (Å²) < 4.78 is 6.74. The summed E-state index contributed by atoms with van der Waals surface area (Å²) in [6.45, 7) is 1.87. The second kappa shape index (κ2) is 9.15. The van der Waals surface area contributed by atoms with Crippen LogP contribution in [0, 0.1) is 6.92 Å². The normalized spacial score (nSPS) is 11.3. The first kappa shape index (κ1) is 21.3. The Morgan fingerprint density at radius 1 is 0.824 bits per heavy atom. The molecule has 0 N–H and O–H groups in total. The lowest BCUT2D eigenvalue weighted by Gasteiger charge is -2.34. The number of imidazole rings is 1. The van der Waals surface area contributed by atoms with Crippen molar-refractivity contribution in [1.29, 1.82) is 0 Å². The molecule has 0 radical (unpaired) electrons. The third-order valence-electron chi connectivity index (χ3n) is 5.80. The van der Waals surface area contributed by atoms with E-state index in [1.807, 2.05) is 61.5 Å². The van der Waals surface area contributed by atoms with Crippen LogP contribution in [0.5, 0.6) is 0 Å². The number of carbonyl (C=O) groups excluding carboxylic acids is 1. The highest BCUT2D eigenvalue weighted by Crippen LogP contribution is 2.39. The van der Waals surface area contributed by atoms with Gasteiger partial charge in [-0.1, -0.05) is 91.0 Å². The summed E-state index contributed by atoms with van der Waals surface area (Å²) in [6.07, 6.45) is 3.94. The molecule has 7 nitrogen and oxygen atoms in total. The van der Waals surface area contributed by atoms with Crippen LogP contribution < -0.4 is 0 Å². The molecule has 0 aliphatic carbocycles. The van der Waals surface area contributed by atoms with Gasteiger partial charge in [-0.2, -0.15) is 15.0 Å². The molecule has 0 saturated heterocycles. The van der Waals surface area contributed by atoms with E-state index in [4.69, 9.17) is 14.9 Å². The van der Waals surface area contributed by atoms with Gasteiger partial charge >= 0.3 is 6.09 Å². The molecule has 0 amide bonds. The van der Waals surface area contributed by atoms with Gasteiger partial charge in [0, 0.05) is 12.4 Å². The fourth-order valence-corrected chi connectivity index (χ4v) is 4.15. The standard InChI is InChI=1S/C27H23N5O2/c1-21-25(19-34-26(33)31-18-17-28-20-31)30-32(29-21)27(22-11-5-2-6-12-22,23-13-7-3-8-14-23)24-15-9-4-10-16-24/h2-18,20H,19H2,1H3. The Labute approximate surface area is 197 Å². The van der Waals surface area contributed by atoms with E-state index in [0.717, 1.165) is 16.7 Å². The number of aromatic nitrogens is 5. The molecule has 0 aliphatic rings. The highest BCUT2D eigenvalue weighted by molar-refractivity contribution is 5.69. The summed E-state index contributed by atoms with van der Waals surface area (Å²) in [6, 6.07) is 30.5. The third-order valence-corrected chi connectivity index (χ3v) is 5.80. The molecular formula is C27H23N5O2. The molecule has 0 saturated carbocycles. The predicted molar refractivity (Wildman–Crippen MR) is 127 cm³/mol. The van der Waals surface area contributed by atoms with Crippen molar-refractivity contribution in [2.75, 3.05) is 0 Å². The Kier molecular flexibility index (Phi) is 5.74. The summed E-state index contributed by atoms with van der Waals surface area (Å²) >= 11 is 0. The number of rotatable bonds is 6. The fourth-order valence-electron chi connectivity index (χ4n) is 4.15. The van der Waals surface area contributed by atoms with Gasteiger partial charge < -0.3 is 4.74 Å². The summed E-state index contributed by atoms with van der Waals surface area (Å²) in [7, 11) is 0. The summed E-state index contributed by atoms with van der Waals surface area (Å²) in [4.78, 5) is 17.9. The van der Waals surface area contributed by atoms with Gasteiger partial charge in [0.05, 0.1) is 5.69 Å². The minimum atomic E-state index is -0.818. The first-order chi connectivity index (χ1) is 16.7. The Hall–Kier alpha value is -4.52. The maximum atomic E-state index is 12.3. The topological polar surface area (TPSA) is 74.8 Å². The molecule has 34 heavy (non-hydrogen) atoms. The molecule has 7 heteroatoms. The summed E-state index contributed by atoms with van der Waals surface area (Å²) in [5.74, 6) is 0. The Bertz CT molecular complexity index is 1270.